The maximum atomic E-state index is 8.80. The molecule has 1 N–H and O–H groups in total. The Balaban J connectivity index is 2.83. The van der Waals surface area contributed by atoms with E-state index in [-0.39, 0.29) is 5.44 Å². The van der Waals surface area contributed by atoms with Gasteiger partial charge in [0.15, 0.2) is 0 Å². The lowest BCUT2D eigenvalue weighted by Crippen LogP contribution is -2.01. The number of aliphatic hydroxyl groups excluding tert-OH is 1. The third-order valence-electron chi connectivity index (χ3n) is 0.581. The van der Waals surface area contributed by atoms with E-state index in [4.69, 9.17) is 5.11 Å². The van der Waals surface area contributed by atoms with E-state index in [0.29, 0.717) is 0 Å². The molecule has 0 aliphatic heterocycles. The molecule has 0 fully saturated rings. The zero-order valence-corrected chi connectivity index (χ0v) is 6.18. The van der Waals surface area contributed by atoms with E-state index in [1.54, 1.807) is 11.8 Å². The van der Waals surface area contributed by atoms with Crippen LogP contribution in [0.1, 0.15) is 0 Å². The van der Waals surface area contributed by atoms with Gasteiger partial charge in [-0.15, -0.1) is 11.8 Å². The van der Waals surface area contributed by atoms with Crippen molar-refractivity contribution in [3.63, 3.8) is 0 Å². The molecule has 0 heterocycles. The van der Waals surface area contributed by atoms with Gasteiger partial charge in [0.25, 0.3) is 0 Å². The summed E-state index contributed by atoms with van der Waals surface area (Å²) in [6, 6.07) is 0. The fourth-order valence-electron chi connectivity index (χ4n) is 0.211. The van der Waals surface area contributed by atoms with Gasteiger partial charge in [-0.1, -0.05) is 0 Å². The molecule has 0 saturated carbocycles. The highest BCUT2D eigenvalue weighted by atomic mass is 32.2. The van der Waals surface area contributed by atoms with Gasteiger partial charge in [0.2, 0.25) is 0 Å². The molecule has 0 aromatic rings. The van der Waals surface area contributed by atoms with Crippen LogP contribution < -0.4 is 0 Å². The average Bonchev–Trinajstić information content (AvgIpc) is 1.68. The van der Waals surface area contributed by atoms with Gasteiger partial charge in [-0.3, -0.25) is 0 Å². The first-order valence-corrected chi connectivity index (χ1v) is 4.69. The molecule has 0 aromatic heterocycles. The molecule has 3 heteroatoms. The maximum absolute atomic E-state index is 8.80. The van der Waals surface area contributed by atoms with E-state index in [9.17, 15) is 0 Å². The Hall–Kier alpha value is 0.660. The Kier molecular flexibility index (Phi) is 5.26. The number of thioether (sulfide) groups is 2. The maximum Gasteiger partial charge on any atom is 0.108 e. The van der Waals surface area contributed by atoms with Crippen molar-refractivity contribution >= 4 is 23.5 Å². The van der Waals surface area contributed by atoms with Gasteiger partial charge >= 0.3 is 0 Å². The topological polar surface area (TPSA) is 20.2 Å². The predicted octanol–water partition coefficient (Wildman–Crippen LogP) is 1.03. The minimum Gasteiger partial charge on any atom is -0.382 e. The van der Waals surface area contributed by atoms with Crippen molar-refractivity contribution in [1.29, 1.82) is 0 Å². The molecule has 1 atom stereocenters. The molecule has 0 aromatic carbocycles. The summed E-state index contributed by atoms with van der Waals surface area (Å²) in [4.78, 5) is 0. The third-order valence-corrected chi connectivity index (χ3v) is 2.15. The first-order chi connectivity index (χ1) is 3.31. The molecule has 0 radical (unpaired) electrons. The molecule has 0 spiro atoms. The molecular weight excluding hydrogens is 128 g/mol. The quantitative estimate of drug-likeness (QED) is 0.588. The van der Waals surface area contributed by atoms with E-state index in [1.807, 2.05) is 12.5 Å². The van der Waals surface area contributed by atoms with Crippen LogP contribution in [0.15, 0.2) is 0 Å². The predicted molar refractivity (Wildman–Crippen MR) is 37.9 cm³/mol. The first-order valence-electron chi connectivity index (χ1n) is 2.01. The molecule has 1 nitrogen and oxygen atoms in total. The Morgan fingerprint density at radius 1 is 1.57 bits per heavy atom. The average molecular weight is 138 g/mol. The molecule has 0 amide bonds. The number of rotatable bonds is 3. The highest BCUT2D eigenvalue weighted by molar-refractivity contribution is 8.02. The summed E-state index contributed by atoms with van der Waals surface area (Å²) >= 11 is 3.15. The van der Waals surface area contributed by atoms with Gasteiger partial charge in [-0.2, -0.15) is 11.8 Å². The van der Waals surface area contributed by atoms with Gasteiger partial charge in [-0.05, 0) is 12.5 Å². The fourth-order valence-corrected chi connectivity index (χ4v) is 1.45. The van der Waals surface area contributed by atoms with E-state index < -0.39 is 0 Å². The second-order valence-electron chi connectivity index (χ2n) is 1.15. The summed E-state index contributed by atoms with van der Waals surface area (Å²) in [7, 11) is 0. The van der Waals surface area contributed by atoms with Crippen LogP contribution in [0.4, 0.5) is 0 Å². The van der Waals surface area contributed by atoms with E-state index in [2.05, 4.69) is 0 Å². The van der Waals surface area contributed by atoms with E-state index in [1.165, 1.54) is 11.8 Å². The minimum absolute atomic E-state index is 0.171. The Morgan fingerprint density at radius 3 is 2.29 bits per heavy atom. The zero-order valence-electron chi connectivity index (χ0n) is 4.55. The number of hydrogen-bond acceptors (Lipinski definition) is 3. The lowest BCUT2D eigenvalue weighted by molar-refractivity contribution is 0.289. The van der Waals surface area contributed by atoms with E-state index >= 15 is 0 Å². The molecule has 0 aliphatic rings. The zero-order chi connectivity index (χ0) is 5.70. The van der Waals surface area contributed by atoms with Crippen LogP contribution >= 0.6 is 23.5 Å². The summed E-state index contributed by atoms with van der Waals surface area (Å²) < 4.78 is 0. The van der Waals surface area contributed by atoms with Crippen molar-refractivity contribution in [2.45, 2.75) is 5.44 Å². The van der Waals surface area contributed by atoms with Crippen LogP contribution in [0.2, 0.25) is 0 Å². The van der Waals surface area contributed by atoms with Crippen molar-refractivity contribution in [2.24, 2.45) is 0 Å². The molecular formula is C4H10OS2. The first kappa shape index (κ1) is 7.66. The number of aliphatic hydroxyl groups is 1. The summed E-state index contributed by atoms with van der Waals surface area (Å²) in [6.07, 6.45) is 3.89. The molecule has 1 unspecified atom stereocenters. The third kappa shape index (κ3) is 4.51. The van der Waals surface area contributed by atoms with Crippen LogP contribution in [-0.2, 0) is 0 Å². The van der Waals surface area contributed by atoms with Gasteiger partial charge < -0.3 is 5.11 Å². The molecule has 0 aliphatic carbocycles. The van der Waals surface area contributed by atoms with Gasteiger partial charge in [-0.25, -0.2) is 0 Å². The molecule has 0 rings (SSSR count). The Bertz CT molecular complexity index is 40.7. The van der Waals surface area contributed by atoms with E-state index in [0.717, 1.165) is 5.75 Å². The summed E-state index contributed by atoms with van der Waals surface area (Å²) in [5, 5.41) is 8.80. The summed E-state index contributed by atoms with van der Waals surface area (Å²) in [5.41, 5.74) is -0.171. The fraction of sp³-hybridized carbons (Fsp3) is 1.00. The van der Waals surface area contributed by atoms with Crippen LogP contribution in [-0.4, -0.2) is 28.8 Å². The lowest BCUT2D eigenvalue weighted by Gasteiger charge is -2.01. The number of hydrogen-bond donors (Lipinski definition) is 1. The highest BCUT2D eigenvalue weighted by Crippen LogP contribution is 2.06. The van der Waals surface area contributed by atoms with Crippen molar-refractivity contribution < 1.29 is 5.11 Å². The van der Waals surface area contributed by atoms with Crippen molar-refractivity contribution in [1.82, 2.24) is 0 Å². The molecule has 44 valence electrons. The van der Waals surface area contributed by atoms with Crippen molar-refractivity contribution in [3.05, 3.63) is 0 Å². The SMILES string of the molecule is CSCC(O)SC. The highest BCUT2D eigenvalue weighted by Gasteiger charge is 1.95. The molecule has 7 heavy (non-hydrogen) atoms. The van der Waals surface area contributed by atoms with Gasteiger partial charge in [0, 0.05) is 5.75 Å². The van der Waals surface area contributed by atoms with Gasteiger partial charge in [0.1, 0.15) is 5.44 Å². The molecule has 0 bridgehead atoms. The monoisotopic (exact) mass is 138 g/mol. The van der Waals surface area contributed by atoms with Crippen molar-refractivity contribution in [2.75, 3.05) is 18.3 Å². The standard InChI is InChI=1S/C4H10OS2/c1-6-3-4(5)7-2/h4-5H,3H2,1-2H3. The largest absolute Gasteiger partial charge is 0.382 e. The lowest BCUT2D eigenvalue weighted by atomic mass is 10.9. The minimum atomic E-state index is -0.171. The van der Waals surface area contributed by atoms with Crippen LogP contribution in [0.25, 0.3) is 0 Å². The van der Waals surface area contributed by atoms with Crippen LogP contribution in [0, 0.1) is 0 Å². The Morgan fingerprint density at radius 2 is 2.14 bits per heavy atom. The smallest absolute Gasteiger partial charge is 0.108 e. The van der Waals surface area contributed by atoms with Crippen molar-refractivity contribution in [3.8, 4) is 0 Å². The van der Waals surface area contributed by atoms with Crippen LogP contribution in [0.3, 0.4) is 0 Å². The second kappa shape index (κ2) is 4.81. The van der Waals surface area contributed by atoms with Gasteiger partial charge in [0.05, 0.1) is 0 Å². The summed E-state index contributed by atoms with van der Waals surface area (Å²) in [6.45, 7) is 0. The van der Waals surface area contributed by atoms with Crippen LogP contribution in [0.5, 0.6) is 0 Å². The summed E-state index contributed by atoms with van der Waals surface area (Å²) in [5.74, 6) is 0.834. The Labute approximate surface area is 52.9 Å². The molecule has 0 saturated heterocycles. The normalized spacial score (nSPS) is 14.1. The second-order valence-corrected chi connectivity index (χ2v) is 3.07.